The lowest BCUT2D eigenvalue weighted by Crippen LogP contribution is -2.30. The van der Waals surface area contributed by atoms with Crippen molar-refractivity contribution in [1.82, 2.24) is 5.32 Å². The molecular formula is C42H85NO3. The number of ether oxygens (including phenoxy) is 2. The van der Waals surface area contributed by atoms with Crippen LogP contribution >= 0.6 is 0 Å². The van der Waals surface area contributed by atoms with Gasteiger partial charge in [0.25, 0.3) is 0 Å². The van der Waals surface area contributed by atoms with Gasteiger partial charge in [0, 0.05) is 20.1 Å². The Hall–Kier alpha value is -0.610. The van der Waals surface area contributed by atoms with Gasteiger partial charge in [0.15, 0.2) is 0 Å². The van der Waals surface area contributed by atoms with Crippen LogP contribution in [0.4, 0.5) is 0 Å². The Labute approximate surface area is 290 Å². The minimum Gasteiger partial charge on any atom is -0.382 e. The van der Waals surface area contributed by atoms with Crippen molar-refractivity contribution >= 4 is 5.91 Å². The van der Waals surface area contributed by atoms with Crippen LogP contribution in [0.3, 0.4) is 0 Å². The zero-order valence-electron chi connectivity index (χ0n) is 32.0. The van der Waals surface area contributed by atoms with Gasteiger partial charge in [-0.2, -0.15) is 0 Å². The molecule has 0 atom stereocenters. The van der Waals surface area contributed by atoms with E-state index in [9.17, 15) is 4.79 Å². The number of rotatable bonds is 40. The van der Waals surface area contributed by atoms with E-state index in [-0.39, 0.29) is 5.91 Å². The van der Waals surface area contributed by atoms with Crippen LogP contribution in [0.5, 0.6) is 0 Å². The summed E-state index contributed by atoms with van der Waals surface area (Å²) in [5, 5.41) is 3.23. The van der Waals surface area contributed by atoms with Crippen LogP contribution in [0.25, 0.3) is 0 Å². The van der Waals surface area contributed by atoms with Crippen molar-refractivity contribution in [3.05, 3.63) is 0 Å². The summed E-state index contributed by atoms with van der Waals surface area (Å²) in [6.07, 6.45) is 45.4. The molecule has 0 saturated heterocycles. The van der Waals surface area contributed by atoms with Gasteiger partial charge >= 0.3 is 0 Å². The van der Waals surface area contributed by atoms with Crippen LogP contribution < -0.4 is 5.32 Å². The van der Waals surface area contributed by atoms with Crippen molar-refractivity contribution in [3.63, 3.8) is 0 Å². The van der Waals surface area contributed by atoms with Crippen molar-refractivity contribution in [2.75, 3.05) is 33.5 Å². The van der Waals surface area contributed by atoms with E-state index in [0.29, 0.717) is 32.2 Å². The van der Waals surface area contributed by atoms with Gasteiger partial charge in [-0.25, -0.2) is 0 Å². The quantitative estimate of drug-likeness (QED) is 0.0671. The van der Waals surface area contributed by atoms with Crippen LogP contribution in [-0.4, -0.2) is 39.4 Å². The summed E-state index contributed by atoms with van der Waals surface area (Å²) in [5.41, 5.74) is 0. The van der Waals surface area contributed by atoms with E-state index in [1.807, 2.05) is 0 Å². The normalized spacial score (nSPS) is 11.6. The number of carbonyl (C=O) groups excluding carboxylic acids is 1. The molecule has 0 spiro atoms. The molecule has 1 N–H and O–H groups in total. The number of hydrogen-bond acceptors (Lipinski definition) is 3. The van der Waals surface area contributed by atoms with Gasteiger partial charge in [0.2, 0.25) is 5.91 Å². The Morgan fingerprint density at radius 2 is 0.783 bits per heavy atom. The SMILES string of the molecule is CCCCCCCCCCCCCCCCCC(CCCCCCCCCCCCCCCCC)CNC(=O)CCOCCOC. The second-order valence-electron chi connectivity index (χ2n) is 14.5. The lowest BCUT2D eigenvalue weighted by Gasteiger charge is -2.18. The van der Waals surface area contributed by atoms with Gasteiger partial charge in [-0.1, -0.05) is 206 Å². The molecule has 0 aromatic heterocycles. The van der Waals surface area contributed by atoms with Crippen molar-refractivity contribution in [2.24, 2.45) is 5.92 Å². The number of amides is 1. The summed E-state index contributed by atoms with van der Waals surface area (Å²) in [4.78, 5) is 12.4. The number of unbranched alkanes of at least 4 members (excludes halogenated alkanes) is 28. The van der Waals surface area contributed by atoms with Crippen molar-refractivity contribution in [1.29, 1.82) is 0 Å². The molecule has 46 heavy (non-hydrogen) atoms. The topological polar surface area (TPSA) is 47.6 Å². The van der Waals surface area contributed by atoms with Gasteiger partial charge in [-0.05, 0) is 18.8 Å². The summed E-state index contributed by atoms with van der Waals surface area (Å²) in [7, 11) is 1.67. The lowest BCUT2D eigenvalue weighted by atomic mass is 9.93. The van der Waals surface area contributed by atoms with Gasteiger partial charge in [0.1, 0.15) is 0 Å². The van der Waals surface area contributed by atoms with Gasteiger partial charge < -0.3 is 14.8 Å². The maximum absolute atomic E-state index is 12.4. The molecule has 1 amide bonds. The van der Waals surface area contributed by atoms with Gasteiger partial charge in [-0.3, -0.25) is 4.79 Å². The maximum Gasteiger partial charge on any atom is 0.222 e. The minimum atomic E-state index is 0.135. The molecule has 4 heteroatoms. The molecule has 0 saturated carbocycles. The van der Waals surface area contributed by atoms with Gasteiger partial charge in [-0.15, -0.1) is 0 Å². The summed E-state index contributed by atoms with van der Waals surface area (Å²) < 4.78 is 10.5. The Morgan fingerprint density at radius 1 is 0.457 bits per heavy atom. The molecule has 0 aliphatic heterocycles. The van der Waals surface area contributed by atoms with E-state index in [1.54, 1.807) is 7.11 Å². The molecule has 0 aromatic carbocycles. The molecule has 0 aliphatic carbocycles. The van der Waals surface area contributed by atoms with E-state index >= 15 is 0 Å². The van der Waals surface area contributed by atoms with E-state index in [0.717, 1.165) is 6.54 Å². The van der Waals surface area contributed by atoms with E-state index in [4.69, 9.17) is 9.47 Å². The Bertz CT molecular complexity index is 535. The molecule has 276 valence electrons. The van der Waals surface area contributed by atoms with Crippen molar-refractivity contribution < 1.29 is 14.3 Å². The summed E-state index contributed by atoms with van der Waals surface area (Å²) in [5.74, 6) is 0.762. The predicted molar refractivity (Wildman–Crippen MR) is 203 cm³/mol. The highest BCUT2D eigenvalue weighted by molar-refractivity contribution is 5.75. The standard InChI is InChI=1S/C42H85NO3/c1-4-6-8-10-12-14-16-18-20-22-24-26-28-30-32-34-41(40-43-42(44)36-37-46-39-38-45-3)35-33-31-29-27-25-23-21-19-17-15-13-11-9-7-5-2/h41H,4-40H2,1-3H3,(H,43,44). The van der Waals surface area contributed by atoms with E-state index in [1.165, 1.54) is 205 Å². The number of nitrogens with one attached hydrogen (secondary N) is 1. The molecule has 0 aromatic rings. The molecule has 0 radical (unpaired) electrons. The second kappa shape index (κ2) is 40.6. The number of methoxy groups -OCH3 is 1. The van der Waals surface area contributed by atoms with Crippen LogP contribution in [0.2, 0.25) is 0 Å². The highest BCUT2D eigenvalue weighted by atomic mass is 16.5. The van der Waals surface area contributed by atoms with Crippen LogP contribution in [0.15, 0.2) is 0 Å². The zero-order chi connectivity index (χ0) is 33.4. The summed E-state index contributed by atoms with van der Waals surface area (Å²) in [6.45, 7) is 7.07. The third kappa shape index (κ3) is 37.8. The zero-order valence-corrected chi connectivity index (χ0v) is 32.0. The minimum absolute atomic E-state index is 0.135. The van der Waals surface area contributed by atoms with E-state index < -0.39 is 0 Å². The fourth-order valence-corrected chi connectivity index (χ4v) is 6.71. The Morgan fingerprint density at radius 3 is 1.11 bits per heavy atom. The molecule has 0 rings (SSSR count). The van der Waals surface area contributed by atoms with Crippen molar-refractivity contribution in [2.45, 2.75) is 226 Å². The molecular weight excluding hydrogens is 566 g/mol. The molecule has 0 bridgehead atoms. The fraction of sp³-hybridized carbons (Fsp3) is 0.976. The third-order valence-electron chi connectivity index (χ3n) is 9.93. The van der Waals surface area contributed by atoms with E-state index in [2.05, 4.69) is 19.2 Å². The second-order valence-corrected chi connectivity index (χ2v) is 14.5. The Balaban J connectivity index is 3.94. The predicted octanol–water partition coefficient (Wildman–Crippen LogP) is 13.3. The number of carbonyl (C=O) groups is 1. The summed E-state index contributed by atoms with van der Waals surface area (Å²) in [6, 6.07) is 0. The monoisotopic (exact) mass is 652 g/mol. The van der Waals surface area contributed by atoms with Crippen molar-refractivity contribution in [3.8, 4) is 0 Å². The number of hydrogen-bond donors (Lipinski definition) is 1. The van der Waals surface area contributed by atoms with Crippen LogP contribution in [0, 0.1) is 5.92 Å². The largest absolute Gasteiger partial charge is 0.382 e. The molecule has 4 nitrogen and oxygen atoms in total. The summed E-state index contributed by atoms with van der Waals surface area (Å²) >= 11 is 0. The first-order valence-electron chi connectivity index (χ1n) is 21.1. The lowest BCUT2D eigenvalue weighted by molar-refractivity contribution is -0.122. The van der Waals surface area contributed by atoms with Crippen LogP contribution in [-0.2, 0) is 14.3 Å². The Kier molecular flexibility index (Phi) is 40.0. The first-order chi connectivity index (χ1) is 22.7. The molecule has 0 unspecified atom stereocenters. The first-order valence-corrected chi connectivity index (χ1v) is 21.1. The van der Waals surface area contributed by atoms with Gasteiger partial charge in [0.05, 0.1) is 19.8 Å². The first kappa shape index (κ1) is 45.4. The molecule has 0 aliphatic rings. The highest BCUT2D eigenvalue weighted by Gasteiger charge is 2.11. The molecule has 0 fully saturated rings. The third-order valence-corrected chi connectivity index (χ3v) is 9.93. The smallest absolute Gasteiger partial charge is 0.222 e. The van der Waals surface area contributed by atoms with Crippen LogP contribution in [0.1, 0.15) is 226 Å². The highest BCUT2D eigenvalue weighted by Crippen LogP contribution is 2.20. The molecule has 0 heterocycles. The average Bonchev–Trinajstić information content (AvgIpc) is 3.06. The fourth-order valence-electron chi connectivity index (χ4n) is 6.71. The maximum atomic E-state index is 12.4. The average molecular weight is 652 g/mol.